The maximum atomic E-state index is 13.9. The molecule has 1 atom stereocenters. The molecule has 5 heteroatoms. The average Bonchev–Trinajstić information content (AvgIpc) is 3.10. The third kappa shape index (κ3) is 2.46. The van der Waals surface area contributed by atoms with Gasteiger partial charge in [0, 0.05) is 32.8 Å². The van der Waals surface area contributed by atoms with E-state index in [-0.39, 0.29) is 5.91 Å². The summed E-state index contributed by atoms with van der Waals surface area (Å²) in [5.41, 5.74) is -1.20. The predicted octanol–water partition coefficient (Wildman–Crippen LogP) is 1.45. The van der Waals surface area contributed by atoms with Gasteiger partial charge in [0.05, 0.1) is 6.61 Å². The molecule has 3 aliphatic rings. The minimum Gasteiger partial charge on any atom is -0.383 e. The monoisotopic (exact) mass is 284 g/mol. The van der Waals surface area contributed by atoms with Crippen LogP contribution < -0.4 is 0 Å². The highest BCUT2D eigenvalue weighted by Gasteiger charge is 2.54. The summed E-state index contributed by atoms with van der Waals surface area (Å²) < 4.78 is 19.1. The van der Waals surface area contributed by atoms with E-state index in [4.69, 9.17) is 4.74 Å². The molecule has 0 radical (unpaired) electrons. The van der Waals surface area contributed by atoms with E-state index in [1.807, 2.05) is 0 Å². The second kappa shape index (κ2) is 4.95. The van der Waals surface area contributed by atoms with Crippen LogP contribution in [0.4, 0.5) is 4.39 Å². The number of alkyl halides is 1. The third-order valence-electron chi connectivity index (χ3n) is 5.42. The van der Waals surface area contributed by atoms with Crippen molar-refractivity contribution in [2.45, 2.75) is 43.8 Å². The van der Waals surface area contributed by atoms with Gasteiger partial charge in [0.25, 0.3) is 5.91 Å². The molecule has 0 aromatic rings. The standard InChI is InChI=1S/C15H25FN2O2/c1-17-11-14(9-12(17)10-20-2)5-7-18(8-6-14)13(19)15(16)3-4-15/h12H,3-11H2,1-2H3. The lowest BCUT2D eigenvalue weighted by Crippen LogP contribution is -2.47. The predicted molar refractivity (Wildman–Crippen MR) is 74.2 cm³/mol. The molecule has 2 heterocycles. The maximum absolute atomic E-state index is 13.9. The number of carbonyl (C=O) groups excluding carboxylic acids is 1. The van der Waals surface area contributed by atoms with Crippen LogP contribution >= 0.6 is 0 Å². The molecule has 2 saturated heterocycles. The Balaban J connectivity index is 1.57. The smallest absolute Gasteiger partial charge is 0.260 e. The highest BCUT2D eigenvalue weighted by Crippen LogP contribution is 2.46. The molecule has 1 spiro atoms. The summed E-state index contributed by atoms with van der Waals surface area (Å²) in [6.45, 7) is 3.29. The van der Waals surface area contributed by atoms with Gasteiger partial charge >= 0.3 is 0 Å². The van der Waals surface area contributed by atoms with Crippen molar-refractivity contribution in [3.8, 4) is 0 Å². The highest BCUT2D eigenvalue weighted by atomic mass is 19.1. The maximum Gasteiger partial charge on any atom is 0.260 e. The van der Waals surface area contributed by atoms with Crippen LogP contribution in [0.1, 0.15) is 32.1 Å². The van der Waals surface area contributed by atoms with E-state index < -0.39 is 5.67 Å². The van der Waals surface area contributed by atoms with Crippen molar-refractivity contribution in [3.63, 3.8) is 0 Å². The Labute approximate surface area is 120 Å². The number of ether oxygens (including phenoxy) is 1. The zero-order valence-electron chi connectivity index (χ0n) is 12.5. The van der Waals surface area contributed by atoms with Gasteiger partial charge < -0.3 is 14.5 Å². The molecule has 1 amide bonds. The number of likely N-dealkylation sites (N-methyl/N-ethyl adjacent to an activating group) is 1. The van der Waals surface area contributed by atoms with E-state index in [0.29, 0.717) is 24.3 Å². The number of methoxy groups -OCH3 is 1. The Hall–Kier alpha value is -0.680. The zero-order valence-corrected chi connectivity index (χ0v) is 12.5. The number of halogens is 1. The van der Waals surface area contributed by atoms with E-state index >= 15 is 0 Å². The molecule has 20 heavy (non-hydrogen) atoms. The van der Waals surface area contributed by atoms with Crippen LogP contribution in [-0.2, 0) is 9.53 Å². The zero-order chi connectivity index (χ0) is 14.4. The number of hydrogen-bond acceptors (Lipinski definition) is 3. The van der Waals surface area contributed by atoms with E-state index in [9.17, 15) is 9.18 Å². The Morgan fingerprint density at radius 2 is 1.95 bits per heavy atom. The van der Waals surface area contributed by atoms with Crippen LogP contribution in [0.2, 0.25) is 0 Å². The normalized spacial score (nSPS) is 31.8. The van der Waals surface area contributed by atoms with Crippen molar-refractivity contribution >= 4 is 5.91 Å². The summed E-state index contributed by atoms with van der Waals surface area (Å²) in [5.74, 6) is -0.257. The van der Waals surface area contributed by atoms with Crippen molar-refractivity contribution in [2.75, 3.05) is 40.4 Å². The Morgan fingerprint density at radius 1 is 1.30 bits per heavy atom. The molecule has 3 fully saturated rings. The van der Waals surface area contributed by atoms with Crippen LogP contribution in [-0.4, -0.2) is 67.8 Å². The Bertz CT molecular complexity index is 389. The molecule has 3 rings (SSSR count). The average molecular weight is 284 g/mol. The van der Waals surface area contributed by atoms with E-state index in [2.05, 4.69) is 11.9 Å². The fourth-order valence-electron chi connectivity index (χ4n) is 3.91. The van der Waals surface area contributed by atoms with Crippen molar-refractivity contribution in [1.82, 2.24) is 9.80 Å². The summed E-state index contributed by atoms with van der Waals surface area (Å²) in [6, 6.07) is 0.484. The fraction of sp³-hybridized carbons (Fsp3) is 0.933. The highest BCUT2D eigenvalue weighted by molar-refractivity contribution is 5.88. The van der Waals surface area contributed by atoms with E-state index in [0.717, 1.165) is 45.5 Å². The first kappa shape index (κ1) is 14.3. The second-order valence-corrected chi connectivity index (χ2v) is 6.99. The molecule has 0 bridgehead atoms. The first-order valence-corrected chi connectivity index (χ1v) is 7.66. The second-order valence-electron chi connectivity index (χ2n) is 6.99. The Kier molecular flexibility index (Phi) is 3.53. The molecule has 0 aromatic heterocycles. The number of amides is 1. The van der Waals surface area contributed by atoms with Gasteiger partial charge in [-0.15, -0.1) is 0 Å². The number of rotatable bonds is 3. The molecule has 2 aliphatic heterocycles. The van der Waals surface area contributed by atoms with Crippen molar-refractivity contribution in [1.29, 1.82) is 0 Å². The van der Waals surface area contributed by atoms with Gasteiger partial charge in [-0.2, -0.15) is 0 Å². The first-order chi connectivity index (χ1) is 9.48. The molecule has 1 unspecified atom stereocenters. The number of likely N-dealkylation sites (tertiary alicyclic amines) is 2. The molecule has 1 saturated carbocycles. The summed E-state index contributed by atoms with van der Waals surface area (Å²) in [4.78, 5) is 16.2. The van der Waals surface area contributed by atoms with Gasteiger partial charge in [0.1, 0.15) is 0 Å². The SMILES string of the molecule is COCC1CC2(CCN(C(=O)C3(F)CC3)CC2)CN1C. The lowest BCUT2D eigenvalue weighted by atomic mass is 9.76. The molecule has 0 N–H and O–H groups in total. The molecule has 1 aliphatic carbocycles. The molecule has 4 nitrogen and oxygen atoms in total. The molecular weight excluding hydrogens is 259 g/mol. The fourth-order valence-corrected chi connectivity index (χ4v) is 3.91. The molecule has 0 aromatic carbocycles. The van der Waals surface area contributed by atoms with Crippen molar-refractivity contribution < 1.29 is 13.9 Å². The van der Waals surface area contributed by atoms with Crippen LogP contribution in [0.15, 0.2) is 0 Å². The third-order valence-corrected chi connectivity index (χ3v) is 5.42. The molecule has 114 valence electrons. The van der Waals surface area contributed by atoms with Gasteiger partial charge in [-0.25, -0.2) is 4.39 Å². The van der Waals surface area contributed by atoms with Gasteiger partial charge in [0.2, 0.25) is 0 Å². The van der Waals surface area contributed by atoms with Gasteiger partial charge in [-0.05, 0) is 44.6 Å². The van der Waals surface area contributed by atoms with E-state index in [1.165, 1.54) is 0 Å². The van der Waals surface area contributed by atoms with Crippen LogP contribution in [0.5, 0.6) is 0 Å². The van der Waals surface area contributed by atoms with Gasteiger partial charge in [-0.3, -0.25) is 4.79 Å². The minimum absolute atomic E-state index is 0.257. The van der Waals surface area contributed by atoms with Gasteiger partial charge in [0.15, 0.2) is 5.67 Å². The number of hydrogen-bond donors (Lipinski definition) is 0. The van der Waals surface area contributed by atoms with Crippen molar-refractivity contribution in [2.24, 2.45) is 5.41 Å². The topological polar surface area (TPSA) is 32.8 Å². The number of piperidine rings is 1. The minimum atomic E-state index is -1.50. The summed E-state index contributed by atoms with van der Waals surface area (Å²) >= 11 is 0. The lowest BCUT2D eigenvalue weighted by Gasteiger charge is -2.39. The summed E-state index contributed by atoms with van der Waals surface area (Å²) in [5, 5.41) is 0. The first-order valence-electron chi connectivity index (χ1n) is 7.66. The number of carbonyl (C=O) groups is 1. The number of nitrogens with zero attached hydrogens (tertiary/aromatic N) is 2. The van der Waals surface area contributed by atoms with E-state index in [1.54, 1.807) is 12.0 Å². The van der Waals surface area contributed by atoms with Gasteiger partial charge in [-0.1, -0.05) is 0 Å². The Morgan fingerprint density at radius 3 is 2.50 bits per heavy atom. The summed E-state index contributed by atoms with van der Waals surface area (Å²) in [7, 11) is 3.90. The lowest BCUT2D eigenvalue weighted by molar-refractivity contribution is -0.140. The quantitative estimate of drug-likeness (QED) is 0.786. The molecular formula is C15H25FN2O2. The summed E-state index contributed by atoms with van der Waals surface area (Å²) in [6.07, 6.45) is 3.98. The van der Waals surface area contributed by atoms with Crippen LogP contribution in [0.3, 0.4) is 0 Å². The van der Waals surface area contributed by atoms with Crippen molar-refractivity contribution in [3.05, 3.63) is 0 Å². The largest absolute Gasteiger partial charge is 0.383 e. The van der Waals surface area contributed by atoms with Crippen LogP contribution in [0.25, 0.3) is 0 Å². The van der Waals surface area contributed by atoms with Crippen LogP contribution in [0, 0.1) is 5.41 Å².